The molecule has 9 heteroatoms. The van der Waals surface area contributed by atoms with Crippen LogP contribution in [-0.4, -0.2) is 32.8 Å². The van der Waals surface area contributed by atoms with Crippen LogP contribution in [-0.2, 0) is 16.1 Å². The number of aromatic nitrogens is 3. The van der Waals surface area contributed by atoms with Crippen molar-refractivity contribution in [3.05, 3.63) is 87.5 Å². The number of carbonyl (C=O) groups is 2. The second-order valence-corrected chi connectivity index (χ2v) is 9.12. The summed E-state index contributed by atoms with van der Waals surface area (Å²) in [5.74, 6) is -1.00. The fourth-order valence-corrected chi connectivity index (χ4v) is 4.18. The lowest BCUT2D eigenvalue weighted by atomic mass is 10.1. The third-order valence-corrected chi connectivity index (χ3v) is 6.03. The van der Waals surface area contributed by atoms with Gasteiger partial charge in [0, 0.05) is 23.3 Å². The Labute approximate surface area is 213 Å². The van der Waals surface area contributed by atoms with Crippen molar-refractivity contribution in [3.63, 3.8) is 0 Å². The minimum absolute atomic E-state index is 0.0410. The minimum atomic E-state index is -0.824. The average molecular weight is 498 g/mol. The largest absolute Gasteiger partial charge is 0.451 e. The number of para-hydroxylation sites is 1. The number of anilines is 1. The molecule has 0 aliphatic rings. The van der Waals surface area contributed by atoms with Crippen molar-refractivity contribution < 1.29 is 14.3 Å². The summed E-state index contributed by atoms with van der Waals surface area (Å²) in [7, 11) is 0. The zero-order valence-electron chi connectivity index (χ0n) is 21.1. The van der Waals surface area contributed by atoms with E-state index in [2.05, 4.69) is 16.5 Å². The first-order valence-electron chi connectivity index (χ1n) is 11.9. The summed E-state index contributed by atoms with van der Waals surface area (Å²) in [4.78, 5) is 38.7. The number of amides is 1. The van der Waals surface area contributed by atoms with Crippen LogP contribution < -0.4 is 10.9 Å². The van der Waals surface area contributed by atoms with Gasteiger partial charge in [0.05, 0.1) is 10.9 Å². The van der Waals surface area contributed by atoms with Crippen molar-refractivity contribution in [1.29, 1.82) is 5.26 Å². The molecule has 0 unspecified atom stereocenters. The Morgan fingerprint density at radius 3 is 2.35 bits per heavy atom. The lowest BCUT2D eigenvalue weighted by molar-refractivity contribution is -0.119. The number of nitriles is 1. The normalized spacial score (nSPS) is 10.9. The standard InChI is InChI=1S/C28H27N5O4/c1-17(2)15-32-27(35)22-13-9-8-12-21(22)25(31-32)28(36)37-16-24(34)30-26-23(14-29)18(3)19(4)33(26)20-10-6-5-7-11-20/h5-13,17H,15-16H2,1-4H3,(H,30,34). The summed E-state index contributed by atoms with van der Waals surface area (Å²) in [5, 5.41) is 17.4. The summed E-state index contributed by atoms with van der Waals surface area (Å²) >= 11 is 0. The zero-order chi connectivity index (χ0) is 26.7. The van der Waals surface area contributed by atoms with Crippen molar-refractivity contribution >= 4 is 28.5 Å². The Balaban J connectivity index is 1.60. The Kier molecular flexibility index (Phi) is 7.20. The summed E-state index contributed by atoms with van der Waals surface area (Å²) in [5.41, 5.74) is 2.31. The van der Waals surface area contributed by atoms with Crippen LogP contribution >= 0.6 is 0 Å². The molecule has 0 aliphatic heterocycles. The lowest BCUT2D eigenvalue weighted by Crippen LogP contribution is -2.29. The molecule has 37 heavy (non-hydrogen) atoms. The van der Waals surface area contributed by atoms with Crippen molar-refractivity contribution in [1.82, 2.24) is 14.3 Å². The highest BCUT2D eigenvalue weighted by molar-refractivity contribution is 6.03. The molecule has 1 N–H and O–H groups in total. The molecule has 0 saturated carbocycles. The van der Waals surface area contributed by atoms with E-state index in [1.165, 1.54) is 4.68 Å². The number of fused-ring (bicyclic) bond motifs is 1. The molecule has 4 aromatic rings. The molecule has 2 aromatic carbocycles. The molecule has 0 fully saturated rings. The maximum absolute atomic E-state index is 13.0. The number of benzene rings is 2. The highest BCUT2D eigenvalue weighted by Crippen LogP contribution is 2.29. The van der Waals surface area contributed by atoms with E-state index in [-0.39, 0.29) is 17.2 Å². The van der Waals surface area contributed by atoms with E-state index in [1.807, 2.05) is 58.0 Å². The van der Waals surface area contributed by atoms with Crippen LogP contribution in [0.4, 0.5) is 5.82 Å². The number of hydrogen-bond acceptors (Lipinski definition) is 6. The number of rotatable bonds is 7. The number of ether oxygens (including phenoxy) is 1. The average Bonchev–Trinajstić information content (AvgIpc) is 3.12. The van der Waals surface area contributed by atoms with Crippen LogP contribution in [0.3, 0.4) is 0 Å². The predicted molar refractivity (Wildman–Crippen MR) is 140 cm³/mol. The van der Waals surface area contributed by atoms with E-state index in [0.717, 1.165) is 16.9 Å². The fraction of sp³-hybridized carbons (Fsp3) is 0.250. The van der Waals surface area contributed by atoms with Gasteiger partial charge in [0.15, 0.2) is 12.3 Å². The SMILES string of the molecule is Cc1c(C#N)c(NC(=O)COC(=O)c2nn(CC(C)C)c(=O)c3ccccc23)n(-c2ccccc2)c1C. The first-order chi connectivity index (χ1) is 17.7. The number of nitrogens with zero attached hydrogens (tertiary/aromatic N) is 4. The van der Waals surface area contributed by atoms with Gasteiger partial charge in [-0.05, 0) is 43.5 Å². The Morgan fingerprint density at radius 1 is 1.05 bits per heavy atom. The first-order valence-corrected chi connectivity index (χ1v) is 11.9. The molecular weight excluding hydrogens is 470 g/mol. The number of hydrogen-bond donors (Lipinski definition) is 1. The molecule has 4 rings (SSSR count). The van der Waals surface area contributed by atoms with Gasteiger partial charge in [0.2, 0.25) is 0 Å². The molecule has 188 valence electrons. The van der Waals surface area contributed by atoms with E-state index >= 15 is 0 Å². The minimum Gasteiger partial charge on any atom is -0.451 e. The van der Waals surface area contributed by atoms with Crippen LogP contribution in [0.5, 0.6) is 0 Å². The second kappa shape index (κ2) is 10.5. The topological polar surface area (TPSA) is 119 Å². The van der Waals surface area contributed by atoms with Gasteiger partial charge in [-0.25, -0.2) is 9.48 Å². The van der Waals surface area contributed by atoms with Gasteiger partial charge >= 0.3 is 5.97 Å². The number of esters is 1. The maximum atomic E-state index is 13.0. The van der Waals surface area contributed by atoms with Crippen LogP contribution in [0, 0.1) is 31.1 Å². The summed E-state index contributed by atoms with van der Waals surface area (Å²) < 4.78 is 8.34. The third kappa shape index (κ3) is 5.00. The lowest BCUT2D eigenvalue weighted by Gasteiger charge is -2.14. The van der Waals surface area contributed by atoms with Crippen molar-refractivity contribution in [3.8, 4) is 11.8 Å². The van der Waals surface area contributed by atoms with Gasteiger partial charge in [-0.15, -0.1) is 0 Å². The molecule has 2 heterocycles. The van der Waals surface area contributed by atoms with Gasteiger partial charge in [-0.3, -0.25) is 14.2 Å². The molecule has 0 radical (unpaired) electrons. The van der Waals surface area contributed by atoms with Gasteiger partial charge in [-0.1, -0.05) is 50.2 Å². The van der Waals surface area contributed by atoms with Gasteiger partial charge in [-0.2, -0.15) is 10.4 Å². The smallest absolute Gasteiger partial charge is 0.359 e. The summed E-state index contributed by atoms with van der Waals surface area (Å²) in [6.45, 7) is 7.29. The molecule has 0 bridgehead atoms. The Hall–Kier alpha value is -4.71. The van der Waals surface area contributed by atoms with Crippen molar-refractivity contribution in [2.45, 2.75) is 34.2 Å². The third-order valence-electron chi connectivity index (χ3n) is 6.03. The quantitative estimate of drug-likeness (QED) is 0.384. The van der Waals surface area contributed by atoms with Crippen LogP contribution in [0.15, 0.2) is 59.4 Å². The molecular formula is C28H27N5O4. The molecule has 2 aromatic heterocycles. The van der Waals surface area contributed by atoms with E-state index in [4.69, 9.17) is 4.74 Å². The number of carbonyl (C=O) groups excluding carboxylic acids is 2. The predicted octanol–water partition coefficient (Wildman–Crippen LogP) is 4.13. The second-order valence-electron chi connectivity index (χ2n) is 9.12. The summed E-state index contributed by atoms with van der Waals surface area (Å²) in [6.07, 6.45) is 0. The van der Waals surface area contributed by atoms with Crippen LogP contribution in [0.1, 0.15) is 41.2 Å². The highest BCUT2D eigenvalue weighted by Gasteiger charge is 2.23. The van der Waals surface area contributed by atoms with Crippen molar-refractivity contribution in [2.75, 3.05) is 11.9 Å². The van der Waals surface area contributed by atoms with Gasteiger partial charge in [0.25, 0.3) is 11.5 Å². The highest BCUT2D eigenvalue weighted by atomic mass is 16.5. The Morgan fingerprint density at radius 2 is 1.70 bits per heavy atom. The maximum Gasteiger partial charge on any atom is 0.359 e. The van der Waals surface area contributed by atoms with Crippen LogP contribution in [0.25, 0.3) is 16.5 Å². The van der Waals surface area contributed by atoms with E-state index in [9.17, 15) is 19.6 Å². The molecule has 0 spiro atoms. The fourth-order valence-electron chi connectivity index (χ4n) is 4.18. The van der Waals surface area contributed by atoms with E-state index < -0.39 is 18.5 Å². The van der Waals surface area contributed by atoms with Gasteiger partial charge < -0.3 is 10.1 Å². The molecule has 0 saturated heterocycles. The molecule has 0 atom stereocenters. The Bertz CT molecular complexity index is 1590. The molecule has 1 amide bonds. The number of nitrogens with one attached hydrogen (secondary N) is 1. The van der Waals surface area contributed by atoms with Crippen LogP contribution in [0.2, 0.25) is 0 Å². The van der Waals surface area contributed by atoms with Crippen molar-refractivity contribution in [2.24, 2.45) is 5.92 Å². The zero-order valence-corrected chi connectivity index (χ0v) is 21.1. The summed E-state index contributed by atoms with van der Waals surface area (Å²) in [6, 6.07) is 18.1. The molecule has 0 aliphatic carbocycles. The van der Waals surface area contributed by atoms with Gasteiger partial charge in [0.1, 0.15) is 11.9 Å². The van der Waals surface area contributed by atoms with E-state index in [0.29, 0.717) is 28.7 Å². The van der Waals surface area contributed by atoms with E-state index in [1.54, 1.807) is 28.8 Å². The molecule has 9 nitrogen and oxygen atoms in total. The first kappa shape index (κ1) is 25.4. The monoisotopic (exact) mass is 497 g/mol.